The van der Waals surface area contributed by atoms with E-state index in [0.29, 0.717) is 0 Å². The van der Waals surface area contributed by atoms with Gasteiger partial charge in [-0.1, -0.05) is 26.7 Å². The SMILES string of the molecule is CCCC(C)CC1CCCN1. The highest BCUT2D eigenvalue weighted by Gasteiger charge is 2.15. The molecule has 1 rings (SSSR count). The summed E-state index contributed by atoms with van der Waals surface area (Å²) in [7, 11) is 0. The van der Waals surface area contributed by atoms with Crippen LogP contribution in [0.2, 0.25) is 0 Å². The fraction of sp³-hybridized carbons (Fsp3) is 1.00. The van der Waals surface area contributed by atoms with Gasteiger partial charge in [-0.15, -0.1) is 0 Å². The molecular formula is C10H21N. The highest BCUT2D eigenvalue weighted by Crippen LogP contribution is 2.17. The summed E-state index contributed by atoms with van der Waals surface area (Å²) in [6.45, 7) is 5.91. The topological polar surface area (TPSA) is 12.0 Å². The van der Waals surface area contributed by atoms with Crippen LogP contribution in [0.3, 0.4) is 0 Å². The Morgan fingerprint density at radius 3 is 2.91 bits per heavy atom. The fourth-order valence-electron chi connectivity index (χ4n) is 2.05. The van der Waals surface area contributed by atoms with Crippen molar-refractivity contribution in [1.82, 2.24) is 5.32 Å². The smallest absolute Gasteiger partial charge is 0.00700 e. The predicted octanol–water partition coefficient (Wildman–Crippen LogP) is 2.56. The first-order valence-electron chi connectivity index (χ1n) is 5.06. The third-order valence-corrected chi connectivity index (χ3v) is 2.63. The van der Waals surface area contributed by atoms with Gasteiger partial charge in [-0.05, 0) is 31.7 Å². The van der Waals surface area contributed by atoms with Gasteiger partial charge in [0.15, 0.2) is 0 Å². The highest BCUT2D eigenvalue weighted by atomic mass is 14.9. The number of hydrogen-bond acceptors (Lipinski definition) is 1. The summed E-state index contributed by atoms with van der Waals surface area (Å²) in [4.78, 5) is 0. The van der Waals surface area contributed by atoms with Gasteiger partial charge in [-0.25, -0.2) is 0 Å². The molecule has 0 radical (unpaired) electrons. The van der Waals surface area contributed by atoms with E-state index in [9.17, 15) is 0 Å². The summed E-state index contributed by atoms with van der Waals surface area (Å²) < 4.78 is 0. The lowest BCUT2D eigenvalue weighted by Crippen LogP contribution is -2.23. The minimum atomic E-state index is 0.844. The lowest BCUT2D eigenvalue weighted by atomic mass is 9.97. The van der Waals surface area contributed by atoms with Crippen LogP contribution >= 0.6 is 0 Å². The Bertz CT molecular complexity index is 95.0. The maximum atomic E-state index is 3.55. The molecule has 1 heteroatoms. The van der Waals surface area contributed by atoms with Crippen molar-refractivity contribution in [2.24, 2.45) is 5.92 Å². The first-order chi connectivity index (χ1) is 5.33. The van der Waals surface area contributed by atoms with Gasteiger partial charge in [-0.2, -0.15) is 0 Å². The molecule has 0 amide bonds. The van der Waals surface area contributed by atoms with Gasteiger partial charge < -0.3 is 5.32 Å². The first-order valence-corrected chi connectivity index (χ1v) is 5.06. The molecule has 2 unspecified atom stereocenters. The molecule has 0 aromatic heterocycles. The molecule has 66 valence electrons. The lowest BCUT2D eigenvalue weighted by molar-refractivity contribution is 0.412. The second kappa shape index (κ2) is 4.76. The van der Waals surface area contributed by atoms with Crippen molar-refractivity contribution in [3.63, 3.8) is 0 Å². The third kappa shape index (κ3) is 3.24. The zero-order valence-corrected chi connectivity index (χ0v) is 7.90. The molecule has 1 aliphatic rings. The monoisotopic (exact) mass is 155 g/mol. The van der Waals surface area contributed by atoms with Crippen LogP contribution < -0.4 is 5.32 Å². The minimum Gasteiger partial charge on any atom is -0.314 e. The standard InChI is InChI=1S/C10H21N/c1-3-5-9(2)8-10-6-4-7-11-10/h9-11H,3-8H2,1-2H3. The summed E-state index contributed by atoms with van der Waals surface area (Å²) in [5.74, 6) is 0.926. The van der Waals surface area contributed by atoms with Gasteiger partial charge in [-0.3, -0.25) is 0 Å². The van der Waals surface area contributed by atoms with Crippen LogP contribution in [0, 0.1) is 5.92 Å². The largest absolute Gasteiger partial charge is 0.314 e. The Morgan fingerprint density at radius 1 is 1.55 bits per heavy atom. The minimum absolute atomic E-state index is 0.844. The highest BCUT2D eigenvalue weighted by molar-refractivity contribution is 4.75. The van der Waals surface area contributed by atoms with Crippen LogP contribution in [-0.4, -0.2) is 12.6 Å². The Morgan fingerprint density at radius 2 is 2.36 bits per heavy atom. The van der Waals surface area contributed by atoms with E-state index in [1.165, 1.54) is 38.6 Å². The van der Waals surface area contributed by atoms with Crippen molar-refractivity contribution in [3.8, 4) is 0 Å². The Labute approximate surface area is 70.6 Å². The molecule has 1 aliphatic heterocycles. The van der Waals surface area contributed by atoms with Crippen molar-refractivity contribution in [2.45, 2.75) is 52.0 Å². The maximum Gasteiger partial charge on any atom is 0.00700 e. The molecule has 0 aromatic carbocycles. The van der Waals surface area contributed by atoms with Gasteiger partial charge >= 0.3 is 0 Å². The van der Waals surface area contributed by atoms with Crippen LogP contribution in [0.25, 0.3) is 0 Å². The Balaban J connectivity index is 2.08. The molecule has 0 aromatic rings. The van der Waals surface area contributed by atoms with E-state index in [2.05, 4.69) is 19.2 Å². The average Bonchev–Trinajstić information content (AvgIpc) is 2.40. The molecule has 0 bridgehead atoms. The molecule has 0 saturated carbocycles. The van der Waals surface area contributed by atoms with Crippen LogP contribution in [0.4, 0.5) is 0 Å². The molecule has 11 heavy (non-hydrogen) atoms. The third-order valence-electron chi connectivity index (χ3n) is 2.63. The number of nitrogens with one attached hydrogen (secondary N) is 1. The molecule has 1 fully saturated rings. The van der Waals surface area contributed by atoms with Crippen LogP contribution in [0.5, 0.6) is 0 Å². The molecule has 1 saturated heterocycles. The number of hydrogen-bond donors (Lipinski definition) is 1. The van der Waals surface area contributed by atoms with E-state index in [0.717, 1.165) is 12.0 Å². The van der Waals surface area contributed by atoms with Crippen LogP contribution in [-0.2, 0) is 0 Å². The normalized spacial score (nSPS) is 27.3. The molecule has 1 nitrogen and oxygen atoms in total. The van der Waals surface area contributed by atoms with Crippen molar-refractivity contribution in [3.05, 3.63) is 0 Å². The van der Waals surface area contributed by atoms with Crippen molar-refractivity contribution in [2.75, 3.05) is 6.54 Å². The van der Waals surface area contributed by atoms with Gasteiger partial charge in [0, 0.05) is 6.04 Å². The zero-order valence-electron chi connectivity index (χ0n) is 7.90. The second-order valence-electron chi connectivity index (χ2n) is 3.92. The van der Waals surface area contributed by atoms with E-state index in [1.54, 1.807) is 0 Å². The lowest BCUT2D eigenvalue weighted by Gasteiger charge is -2.15. The second-order valence-corrected chi connectivity index (χ2v) is 3.92. The molecule has 1 heterocycles. The molecule has 1 N–H and O–H groups in total. The summed E-state index contributed by atoms with van der Waals surface area (Å²) >= 11 is 0. The van der Waals surface area contributed by atoms with E-state index >= 15 is 0 Å². The summed E-state index contributed by atoms with van der Waals surface area (Å²) in [5.41, 5.74) is 0. The van der Waals surface area contributed by atoms with Crippen molar-refractivity contribution < 1.29 is 0 Å². The average molecular weight is 155 g/mol. The van der Waals surface area contributed by atoms with Gasteiger partial charge in [0.05, 0.1) is 0 Å². The Hall–Kier alpha value is -0.0400. The van der Waals surface area contributed by atoms with E-state index in [-0.39, 0.29) is 0 Å². The van der Waals surface area contributed by atoms with Crippen LogP contribution in [0.15, 0.2) is 0 Å². The predicted molar refractivity (Wildman–Crippen MR) is 49.7 cm³/mol. The van der Waals surface area contributed by atoms with Crippen molar-refractivity contribution in [1.29, 1.82) is 0 Å². The molecule has 0 aliphatic carbocycles. The van der Waals surface area contributed by atoms with Gasteiger partial charge in [0.1, 0.15) is 0 Å². The maximum absolute atomic E-state index is 3.55. The van der Waals surface area contributed by atoms with Crippen LogP contribution in [0.1, 0.15) is 46.0 Å². The van der Waals surface area contributed by atoms with Gasteiger partial charge in [0.2, 0.25) is 0 Å². The van der Waals surface area contributed by atoms with E-state index < -0.39 is 0 Å². The summed E-state index contributed by atoms with van der Waals surface area (Å²) in [5, 5.41) is 3.55. The Kier molecular flexibility index (Phi) is 3.92. The van der Waals surface area contributed by atoms with Gasteiger partial charge in [0.25, 0.3) is 0 Å². The molecular weight excluding hydrogens is 134 g/mol. The number of rotatable bonds is 4. The zero-order chi connectivity index (χ0) is 8.10. The summed E-state index contributed by atoms with van der Waals surface area (Å²) in [6.07, 6.45) is 6.94. The van der Waals surface area contributed by atoms with E-state index in [1.807, 2.05) is 0 Å². The first kappa shape index (κ1) is 9.05. The fourth-order valence-corrected chi connectivity index (χ4v) is 2.05. The van der Waals surface area contributed by atoms with Crippen molar-refractivity contribution >= 4 is 0 Å². The molecule has 2 atom stereocenters. The van der Waals surface area contributed by atoms with E-state index in [4.69, 9.17) is 0 Å². The quantitative estimate of drug-likeness (QED) is 0.658. The summed E-state index contributed by atoms with van der Waals surface area (Å²) in [6, 6.07) is 0.844. The molecule has 0 spiro atoms.